The van der Waals surface area contributed by atoms with Crippen LogP contribution in [0.25, 0.3) is 0 Å². The topological polar surface area (TPSA) is 210 Å². The molecule has 4 atom stereocenters. The molecule has 1 saturated heterocycles. The van der Waals surface area contributed by atoms with Gasteiger partial charge in [-0.15, -0.1) is 0 Å². The van der Waals surface area contributed by atoms with Crippen LogP contribution in [0.5, 0.6) is 0 Å². The molecule has 9 N–H and O–H groups in total. The third-order valence-corrected chi connectivity index (χ3v) is 6.19. The lowest BCUT2D eigenvalue weighted by Gasteiger charge is -2.28. The minimum atomic E-state index is -1.03. The van der Waals surface area contributed by atoms with E-state index in [2.05, 4.69) is 31.6 Å². The van der Waals surface area contributed by atoms with E-state index in [-0.39, 0.29) is 50.1 Å². The normalized spacial score (nSPS) is 23.0. The summed E-state index contributed by atoms with van der Waals surface area (Å²) in [6.45, 7) is 5.37. The molecule has 13 nitrogen and oxygen atoms in total. The zero-order valence-corrected chi connectivity index (χ0v) is 22.7. The summed E-state index contributed by atoms with van der Waals surface area (Å²) in [7, 11) is 0. The van der Waals surface area contributed by atoms with E-state index in [1.54, 1.807) is 51.1 Å². The number of rotatable bonds is 8. The van der Waals surface area contributed by atoms with Gasteiger partial charge in [-0.1, -0.05) is 51.1 Å². The predicted molar refractivity (Wildman–Crippen MR) is 146 cm³/mol. The summed E-state index contributed by atoms with van der Waals surface area (Å²) in [5.41, 5.74) is 11.3. The second-order valence-corrected chi connectivity index (χ2v) is 9.63. The fourth-order valence-corrected chi connectivity index (χ4v) is 3.91. The smallest absolute Gasteiger partial charge is 0.247 e. The van der Waals surface area contributed by atoms with E-state index >= 15 is 0 Å². The van der Waals surface area contributed by atoms with Crippen molar-refractivity contribution in [3.8, 4) is 0 Å². The number of guanidine groups is 1. The second-order valence-electron chi connectivity index (χ2n) is 9.63. The molecule has 0 saturated carbocycles. The molecule has 2 rings (SSSR count). The second kappa shape index (κ2) is 15.3. The highest BCUT2D eigenvalue weighted by atomic mass is 16.2. The van der Waals surface area contributed by atoms with Gasteiger partial charge in [0.2, 0.25) is 29.5 Å². The van der Waals surface area contributed by atoms with Gasteiger partial charge in [0.1, 0.15) is 24.2 Å². The number of benzene rings is 1. The monoisotopic (exact) mass is 544 g/mol. The van der Waals surface area contributed by atoms with Crippen molar-refractivity contribution in [2.45, 2.75) is 70.6 Å². The number of hydrogen-bond donors (Lipinski definition) is 7. The van der Waals surface area contributed by atoms with E-state index < -0.39 is 47.8 Å². The van der Waals surface area contributed by atoms with Gasteiger partial charge < -0.3 is 38.1 Å². The summed E-state index contributed by atoms with van der Waals surface area (Å²) in [5.74, 6) is -3.03. The summed E-state index contributed by atoms with van der Waals surface area (Å²) in [6, 6.07) is 4.67. The van der Waals surface area contributed by atoms with Crippen molar-refractivity contribution in [3.05, 3.63) is 35.9 Å². The van der Waals surface area contributed by atoms with E-state index in [4.69, 9.17) is 11.5 Å². The molecular weight excluding hydrogens is 504 g/mol. The van der Waals surface area contributed by atoms with E-state index in [1.807, 2.05) is 0 Å². The van der Waals surface area contributed by atoms with Crippen LogP contribution in [-0.4, -0.2) is 66.7 Å². The largest absolute Gasteiger partial charge is 0.370 e. The van der Waals surface area contributed by atoms with Crippen LogP contribution < -0.4 is 38.1 Å². The average molecular weight is 545 g/mol. The Balaban J connectivity index is 2.38. The molecule has 1 heterocycles. The van der Waals surface area contributed by atoms with Crippen LogP contribution in [-0.2, 0) is 24.0 Å². The number of nitrogens with two attached hydrogens (primary N) is 2. The van der Waals surface area contributed by atoms with Crippen molar-refractivity contribution in [3.63, 3.8) is 0 Å². The molecule has 0 aliphatic carbocycles. The Hall–Kier alpha value is -4.16. The zero-order chi connectivity index (χ0) is 28.9. The van der Waals surface area contributed by atoms with Crippen molar-refractivity contribution in [2.75, 3.05) is 13.1 Å². The van der Waals surface area contributed by atoms with Crippen molar-refractivity contribution < 1.29 is 24.0 Å². The summed E-state index contributed by atoms with van der Waals surface area (Å²) < 4.78 is 0. The predicted octanol–water partition coefficient (Wildman–Crippen LogP) is -1.06. The first-order valence-corrected chi connectivity index (χ1v) is 13.1. The van der Waals surface area contributed by atoms with Crippen LogP contribution in [0.3, 0.4) is 0 Å². The SMILES string of the molecule is CCC1NC(=O)C(CCCN=C(N)N)NC(=O)C(NC(=O)C(C)C)CCNC(=O)C(c2ccccc2)NC1=O. The van der Waals surface area contributed by atoms with Crippen LogP contribution in [0.2, 0.25) is 0 Å². The third-order valence-electron chi connectivity index (χ3n) is 6.19. The van der Waals surface area contributed by atoms with Gasteiger partial charge in [-0.25, -0.2) is 0 Å². The molecule has 39 heavy (non-hydrogen) atoms. The molecule has 0 spiro atoms. The van der Waals surface area contributed by atoms with Crippen molar-refractivity contribution in [1.29, 1.82) is 0 Å². The number of carbonyl (C=O) groups excluding carboxylic acids is 5. The molecule has 1 aliphatic rings. The van der Waals surface area contributed by atoms with Gasteiger partial charge in [-0.3, -0.25) is 29.0 Å². The minimum Gasteiger partial charge on any atom is -0.370 e. The Labute approximate surface area is 228 Å². The quantitative estimate of drug-likeness (QED) is 0.122. The summed E-state index contributed by atoms with van der Waals surface area (Å²) >= 11 is 0. The van der Waals surface area contributed by atoms with Crippen molar-refractivity contribution in [2.24, 2.45) is 22.4 Å². The van der Waals surface area contributed by atoms with Gasteiger partial charge in [0.25, 0.3) is 0 Å². The highest BCUT2D eigenvalue weighted by Crippen LogP contribution is 2.14. The highest BCUT2D eigenvalue weighted by molar-refractivity contribution is 5.96. The molecule has 0 radical (unpaired) electrons. The molecule has 5 amide bonds. The Morgan fingerprint density at radius 2 is 1.62 bits per heavy atom. The first kappa shape index (κ1) is 31.1. The van der Waals surface area contributed by atoms with Crippen LogP contribution in [0.1, 0.15) is 58.1 Å². The van der Waals surface area contributed by atoms with Gasteiger partial charge >= 0.3 is 0 Å². The Morgan fingerprint density at radius 3 is 2.23 bits per heavy atom. The molecular formula is C26H40N8O5. The van der Waals surface area contributed by atoms with E-state index in [0.717, 1.165) is 0 Å². The van der Waals surface area contributed by atoms with Crippen LogP contribution in [0, 0.1) is 5.92 Å². The average Bonchev–Trinajstić information content (AvgIpc) is 2.90. The van der Waals surface area contributed by atoms with Gasteiger partial charge in [0, 0.05) is 19.0 Å². The number of amides is 5. The van der Waals surface area contributed by atoms with E-state index in [0.29, 0.717) is 12.0 Å². The van der Waals surface area contributed by atoms with E-state index in [9.17, 15) is 24.0 Å². The molecule has 0 bridgehead atoms. The molecule has 1 aromatic rings. The van der Waals surface area contributed by atoms with E-state index in [1.165, 1.54) is 0 Å². The number of aliphatic imine (C=N–C) groups is 1. The molecule has 4 unspecified atom stereocenters. The number of carbonyl (C=O) groups is 5. The molecule has 214 valence electrons. The standard InChI is InChI=1S/C26H40N8O5/c1-4-17-22(36)34-20(16-9-6-5-7-10-16)25(39)29-14-12-19(32-21(35)15(2)3)24(38)33-18(23(37)31-17)11-8-13-30-26(27)28/h5-7,9-10,15,17-20H,4,8,11-14H2,1-3H3,(H,29,39)(H,31,37)(H,32,35)(H,33,38)(H,34,36)(H4,27,28,30). The molecule has 0 aromatic heterocycles. The maximum Gasteiger partial charge on any atom is 0.247 e. The fraction of sp³-hybridized carbons (Fsp3) is 0.538. The molecule has 1 aromatic carbocycles. The van der Waals surface area contributed by atoms with Crippen molar-refractivity contribution >= 4 is 35.5 Å². The maximum atomic E-state index is 13.3. The van der Waals surface area contributed by atoms with Gasteiger partial charge in [0.15, 0.2) is 5.96 Å². The van der Waals surface area contributed by atoms with Crippen LogP contribution in [0.4, 0.5) is 0 Å². The Bertz CT molecular complexity index is 1040. The zero-order valence-electron chi connectivity index (χ0n) is 22.7. The molecule has 1 aliphatic heterocycles. The van der Waals surface area contributed by atoms with Gasteiger partial charge in [-0.2, -0.15) is 0 Å². The Kier molecular flexibility index (Phi) is 12.2. The number of nitrogens with one attached hydrogen (secondary N) is 5. The molecule has 13 heteroatoms. The lowest BCUT2D eigenvalue weighted by Crippen LogP contribution is -2.58. The summed E-state index contributed by atoms with van der Waals surface area (Å²) in [5, 5.41) is 13.6. The van der Waals surface area contributed by atoms with Gasteiger partial charge in [-0.05, 0) is 31.2 Å². The van der Waals surface area contributed by atoms with Crippen LogP contribution >= 0.6 is 0 Å². The lowest BCUT2D eigenvalue weighted by atomic mass is 10.0. The van der Waals surface area contributed by atoms with Gasteiger partial charge in [0.05, 0.1) is 0 Å². The Morgan fingerprint density at radius 1 is 0.974 bits per heavy atom. The summed E-state index contributed by atoms with van der Waals surface area (Å²) in [6.07, 6.45) is 0.850. The minimum absolute atomic E-state index is 0.0348. The fourth-order valence-electron chi connectivity index (χ4n) is 3.91. The molecule has 1 fully saturated rings. The van der Waals surface area contributed by atoms with Crippen LogP contribution in [0.15, 0.2) is 35.3 Å². The highest BCUT2D eigenvalue weighted by Gasteiger charge is 2.32. The number of nitrogens with zero attached hydrogens (tertiary/aromatic N) is 1. The maximum absolute atomic E-state index is 13.3. The number of hydrogen-bond acceptors (Lipinski definition) is 6. The lowest BCUT2D eigenvalue weighted by molar-refractivity contribution is -0.135. The summed E-state index contributed by atoms with van der Waals surface area (Å²) in [4.78, 5) is 69.1. The first-order chi connectivity index (χ1) is 18.5. The first-order valence-electron chi connectivity index (χ1n) is 13.1. The third kappa shape index (κ3) is 9.91. The van der Waals surface area contributed by atoms with Crippen molar-refractivity contribution in [1.82, 2.24) is 26.6 Å².